The van der Waals surface area contributed by atoms with Crippen LogP contribution < -0.4 is 21.9 Å². The SMILES string of the molecule is CC(=O)Nc1ccc(CCc2ccc(CNC(=O)NN)cc2)cc1. The lowest BCUT2D eigenvalue weighted by Crippen LogP contribution is -2.39. The molecule has 6 heteroatoms. The smallest absolute Gasteiger partial charge is 0.329 e. The molecule has 0 aliphatic rings. The van der Waals surface area contributed by atoms with Gasteiger partial charge < -0.3 is 10.6 Å². The largest absolute Gasteiger partial charge is 0.333 e. The fraction of sp³-hybridized carbons (Fsp3) is 0.222. The molecule has 0 spiro atoms. The molecule has 2 aromatic carbocycles. The topological polar surface area (TPSA) is 96.2 Å². The summed E-state index contributed by atoms with van der Waals surface area (Å²) in [7, 11) is 0. The van der Waals surface area contributed by atoms with Crippen molar-refractivity contribution in [3.8, 4) is 0 Å². The van der Waals surface area contributed by atoms with Gasteiger partial charge in [-0.25, -0.2) is 10.6 Å². The van der Waals surface area contributed by atoms with Crippen LogP contribution in [0.3, 0.4) is 0 Å². The van der Waals surface area contributed by atoms with E-state index in [-0.39, 0.29) is 5.91 Å². The molecule has 24 heavy (non-hydrogen) atoms. The summed E-state index contributed by atoms with van der Waals surface area (Å²) in [6.07, 6.45) is 1.85. The number of hydrogen-bond acceptors (Lipinski definition) is 3. The van der Waals surface area contributed by atoms with Crippen molar-refractivity contribution in [1.29, 1.82) is 0 Å². The number of nitrogens with two attached hydrogens (primary N) is 1. The van der Waals surface area contributed by atoms with Gasteiger partial charge in [0.1, 0.15) is 0 Å². The van der Waals surface area contributed by atoms with Gasteiger partial charge in [-0.15, -0.1) is 0 Å². The van der Waals surface area contributed by atoms with Crippen LogP contribution in [0.2, 0.25) is 0 Å². The Kier molecular flexibility index (Phi) is 6.33. The molecule has 0 fully saturated rings. The van der Waals surface area contributed by atoms with Gasteiger partial charge in [0, 0.05) is 19.2 Å². The standard InChI is InChI=1S/C18H22N4O2/c1-13(23)21-17-10-8-15(9-11-17)3-2-14-4-6-16(7-5-14)12-20-18(24)22-19/h4-11H,2-3,12,19H2,1H3,(H,21,23)(H2,20,22,24). The van der Waals surface area contributed by atoms with Crippen molar-refractivity contribution in [2.24, 2.45) is 5.84 Å². The molecule has 0 bridgehead atoms. The highest BCUT2D eigenvalue weighted by atomic mass is 16.2. The van der Waals surface area contributed by atoms with Crippen LogP contribution in [0.25, 0.3) is 0 Å². The Morgan fingerprint density at radius 2 is 1.38 bits per heavy atom. The Morgan fingerprint density at radius 3 is 1.88 bits per heavy atom. The number of hydrazine groups is 1. The second-order valence-electron chi connectivity index (χ2n) is 5.52. The van der Waals surface area contributed by atoms with Gasteiger partial charge in [-0.05, 0) is 41.7 Å². The Morgan fingerprint density at radius 1 is 0.875 bits per heavy atom. The van der Waals surface area contributed by atoms with Gasteiger partial charge in [0.15, 0.2) is 0 Å². The molecule has 0 saturated heterocycles. The second-order valence-corrected chi connectivity index (χ2v) is 5.52. The summed E-state index contributed by atoms with van der Waals surface area (Å²) in [5.41, 5.74) is 6.30. The fourth-order valence-electron chi connectivity index (χ4n) is 2.30. The van der Waals surface area contributed by atoms with E-state index in [9.17, 15) is 9.59 Å². The van der Waals surface area contributed by atoms with Crippen LogP contribution in [0.15, 0.2) is 48.5 Å². The van der Waals surface area contributed by atoms with Crippen molar-refractivity contribution in [2.75, 3.05) is 5.32 Å². The summed E-state index contributed by atoms with van der Waals surface area (Å²) in [5.74, 6) is 4.94. The molecule has 3 amide bonds. The van der Waals surface area contributed by atoms with Crippen LogP contribution >= 0.6 is 0 Å². The first kappa shape index (κ1) is 17.5. The molecule has 0 aliphatic heterocycles. The number of carbonyl (C=O) groups excluding carboxylic acids is 2. The highest BCUT2D eigenvalue weighted by molar-refractivity contribution is 5.88. The van der Waals surface area contributed by atoms with Crippen LogP contribution in [0.4, 0.5) is 10.5 Å². The molecule has 5 N–H and O–H groups in total. The third-order valence-electron chi connectivity index (χ3n) is 3.58. The predicted octanol–water partition coefficient (Wildman–Crippen LogP) is 2.10. The maximum absolute atomic E-state index is 11.0. The second kappa shape index (κ2) is 8.69. The van der Waals surface area contributed by atoms with Gasteiger partial charge in [-0.2, -0.15) is 0 Å². The summed E-state index contributed by atoms with van der Waals surface area (Å²) < 4.78 is 0. The minimum absolute atomic E-state index is 0.0683. The molecule has 2 aromatic rings. The Balaban J connectivity index is 1.83. The lowest BCUT2D eigenvalue weighted by molar-refractivity contribution is -0.114. The number of anilines is 1. The first-order valence-corrected chi connectivity index (χ1v) is 7.75. The maximum atomic E-state index is 11.0. The molecule has 6 nitrogen and oxygen atoms in total. The third-order valence-corrected chi connectivity index (χ3v) is 3.58. The van der Waals surface area contributed by atoms with Crippen molar-refractivity contribution in [1.82, 2.24) is 10.7 Å². The number of urea groups is 1. The molecule has 126 valence electrons. The van der Waals surface area contributed by atoms with Gasteiger partial charge in [0.2, 0.25) is 5.91 Å². The van der Waals surface area contributed by atoms with Gasteiger partial charge in [-0.1, -0.05) is 36.4 Å². The van der Waals surface area contributed by atoms with Crippen LogP contribution in [-0.2, 0) is 24.2 Å². The van der Waals surface area contributed by atoms with Crippen molar-refractivity contribution in [3.05, 3.63) is 65.2 Å². The minimum Gasteiger partial charge on any atom is -0.333 e. The lowest BCUT2D eigenvalue weighted by atomic mass is 10.0. The Hall–Kier alpha value is -2.86. The quantitative estimate of drug-likeness (QED) is 0.372. The van der Waals surface area contributed by atoms with E-state index in [2.05, 4.69) is 22.8 Å². The third kappa shape index (κ3) is 5.73. The summed E-state index contributed by atoms with van der Waals surface area (Å²) in [6, 6.07) is 15.6. The predicted molar refractivity (Wildman–Crippen MR) is 94.2 cm³/mol. The van der Waals surface area contributed by atoms with Crippen LogP contribution in [0, 0.1) is 0 Å². The molecule has 0 saturated carbocycles. The van der Waals surface area contributed by atoms with Gasteiger partial charge in [0.05, 0.1) is 0 Å². The number of benzene rings is 2. The van der Waals surface area contributed by atoms with Crippen molar-refractivity contribution in [3.63, 3.8) is 0 Å². The van der Waals surface area contributed by atoms with Gasteiger partial charge >= 0.3 is 6.03 Å². The molecule has 2 rings (SSSR count). The van der Waals surface area contributed by atoms with Crippen LogP contribution in [-0.4, -0.2) is 11.9 Å². The fourth-order valence-corrected chi connectivity index (χ4v) is 2.30. The highest BCUT2D eigenvalue weighted by Crippen LogP contribution is 2.13. The van der Waals surface area contributed by atoms with E-state index < -0.39 is 6.03 Å². The van der Waals surface area contributed by atoms with Gasteiger partial charge in [-0.3, -0.25) is 10.2 Å². The first-order chi connectivity index (χ1) is 11.6. The summed E-state index contributed by atoms with van der Waals surface area (Å²) in [4.78, 5) is 22.0. The molecule has 0 unspecified atom stereocenters. The van der Waals surface area contributed by atoms with Crippen molar-refractivity contribution < 1.29 is 9.59 Å². The van der Waals surface area contributed by atoms with E-state index in [1.807, 2.05) is 41.8 Å². The molecular formula is C18H22N4O2. The first-order valence-electron chi connectivity index (χ1n) is 7.75. The molecule has 0 heterocycles. The van der Waals surface area contributed by atoms with Crippen molar-refractivity contribution >= 4 is 17.6 Å². The number of rotatable bonds is 6. The molecule has 0 atom stereocenters. The van der Waals surface area contributed by atoms with Gasteiger partial charge in [0.25, 0.3) is 0 Å². The molecule has 0 aliphatic carbocycles. The van der Waals surface area contributed by atoms with E-state index in [1.54, 1.807) is 0 Å². The highest BCUT2D eigenvalue weighted by Gasteiger charge is 2.00. The average Bonchev–Trinajstić information content (AvgIpc) is 2.59. The Labute approximate surface area is 141 Å². The zero-order valence-electron chi connectivity index (χ0n) is 13.6. The number of carbonyl (C=O) groups is 2. The zero-order valence-corrected chi connectivity index (χ0v) is 13.6. The summed E-state index contributed by atoms with van der Waals surface area (Å²) in [5, 5.41) is 5.39. The van der Waals surface area contributed by atoms with Crippen molar-refractivity contribution in [2.45, 2.75) is 26.3 Å². The molecular weight excluding hydrogens is 304 g/mol. The minimum atomic E-state index is -0.401. The average molecular weight is 326 g/mol. The van der Waals surface area contributed by atoms with Crippen LogP contribution in [0.1, 0.15) is 23.6 Å². The summed E-state index contributed by atoms with van der Waals surface area (Å²) >= 11 is 0. The maximum Gasteiger partial charge on any atom is 0.329 e. The van der Waals surface area contributed by atoms with E-state index in [0.29, 0.717) is 6.54 Å². The Bertz CT molecular complexity index is 681. The molecule has 0 aromatic heterocycles. The number of aryl methyl sites for hydroxylation is 2. The monoisotopic (exact) mass is 326 g/mol. The number of amides is 3. The lowest BCUT2D eigenvalue weighted by Gasteiger charge is -2.07. The normalized spacial score (nSPS) is 10.1. The van der Waals surface area contributed by atoms with E-state index in [4.69, 9.17) is 5.84 Å². The van der Waals surface area contributed by atoms with E-state index in [1.165, 1.54) is 18.1 Å². The zero-order chi connectivity index (χ0) is 17.4. The molecule has 0 radical (unpaired) electrons. The number of hydrogen-bond donors (Lipinski definition) is 4. The van der Waals surface area contributed by atoms with Crippen LogP contribution in [0.5, 0.6) is 0 Å². The number of nitrogens with one attached hydrogen (secondary N) is 3. The van der Waals surface area contributed by atoms with E-state index in [0.717, 1.165) is 24.1 Å². The van der Waals surface area contributed by atoms with E-state index >= 15 is 0 Å². The summed E-state index contributed by atoms with van der Waals surface area (Å²) in [6.45, 7) is 1.93.